The van der Waals surface area contributed by atoms with Crippen molar-refractivity contribution in [2.45, 2.75) is 18.9 Å². The van der Waals surface area contributed by atoms with Gasteiger partial charge in [-0.3, -0.25) is 4.79 Å². The molecule has 3 nitrogen and oxygen atoms in total. The van der Waals surface area contributed by atoms with E-state index in [2.05, 4.69) is 0 Å². The molecule has 0 radical (unpaired) electrons. The molecule has 1 aliphatic rings. The van der Waals surface area contributed by atoms with E-state index in [9.17, 15) is 9.18 Å². The average molecular weight is 259 g/mol. The molecule has 2 rings (SSSR count). The molecule has 0 spiro atoms. The van der Waals surface area contributed by atoms with Crippen LogP contribution in [0.4, 0.5) is 4.39 Å². The lowest BCUT2D eigenvalue weighted by molar-refractivity contribution is -0.129. The van der Waals surface area contributed by atoms with Crippen LogP contribution in [0, 0.1) is 5.82 Å². The normalized spacial score (nSPS) is 18.9. The fourth-order valence-corrected chi connectivity index (χ4v) is 1.93. The Hall–Kier alpha value is -1.13. The van der Waals surface area contributed by atoms with Crippen LogP contribution in [0.3, 0.4) is 0 Å². The smallest absolute Gasteiger partial charge is 0.227 e. The van der Waals surface area contributed by atoms with E-state index in [4.69, 9.17) is 5.73 Å². The van der Waals surface area contributed by atoms with E-state index in [0.717, 1.165) is 6.42 Å². The van der Waals surface area contributed by atoms with Crippen molar-refractivity contribution >= 4 is 18.3 Å². The number of carbonyl (C=O) groups excluding carboxylic acids is 1. The van der Waals surface area contributed by atoms with Crippen molar-refractivity contribution in [2.75, 3.05) is 13.1 Å². The third-order valence-electron chi connectivity index (χ3n) is 2.88. The first-order valence-corrected chi connectivity index (χ1v) is 5.43. The van der Waals surface area contributed by atoms with Crippen LogP contribution in [-0.2, 0) is 11.2 Å². The van der Waals surface area contributed by atoms with Crippen molar-refractivity contribution < 1.29 is 9.18 Å². The van der Waals surface area contributed by atoms with Crippen molar-refractivity contribution in [1.29, 1.82) is 0 Å². The highest BCUT2D eigenvalue weighted by molar-refractivity contribution is 5.85. The van der Waals surface area contributed by atoms with E-state index in [0.29, 0.717) is 18.7 Å². The van der Waals surface area contributed by atoms with Crippen LogP contribution in [0.5, 0.6) is 0 Å². The molecule has 1 aromatic carbocycles. The number of rotatable bonds is 2. The lowest BCUT2D eigenvalue weighted by atomic mass is 10.1. The Balaban J connectivity index is 0.00000144. The summed E-state index contributed by atoms with van der Waals surface area (Å²) < 4.78 is 13.3. The van der Waals surface area contributed by atoms with Crippen LogP contribution in [0.1, 0.15) is 12.0 Å². The second-order valence-corrected chi connectivity index (χ2v) is 4.16. The summed E-state index contributed by atoms with van der Waals surface area (Å²) in [5.74, 6) is -0.364. The van der Waals surface area contributed by atoms with Crippen LogP contribution in [0.15, 0.2) is 24.3 Å². The van der Waals surface area contributed by atoms with Gasteiger partial charge < -0.3 is 10.6 Å². The number of likely N-dealkylation sites (tertiary alicyclic amines) is 1. The van der Waals surface area contributed by atoms with Crippen LogP contribution in [0.2, 0.25) is 0 Å². The number of hydrogen-bond acceptors (Lipinski definition) is 2. The van der Waals surface area contributed by atoms with E-state index in [-0.39, 0.29) is 36.6 Å². The largest absolute Gasteiger partial charge is 0.341 e. The van der Waals surface area contributed by atoms with Gasteiger partial charge in [-0.1, -0.05) is 18.2 Å². The number of nitrogens with two attached hydrogens (primary N) is 1. The highest BCUT2D eigenvalue weighted by Gasteiger charge is 2.23. The quantitative estimate of drug-likeness (QED) is 0.871. The minimum Gasteiger partial charge on any atom is -0.341 e. The molecule has 1 amide bonds. The fraction of sp³-hybridized carbons (Fsp3) is 0.417. The van der Waals surface area contributed by atoms with Gasteiger partial charge in [-0.2, -0.15) is 0 Å². The van der Waals surface area contributed by atoms with E-state index in [1.54, 1.807) is 23.1 Å². The number of benzene rings is 1. The molecule has 0 unspecified atom stereocenters. The summed E-state index contributed by atoms with van der Waals surface area (Å²) in [5, 5.41) is 0. The van der Waals surface area contributed by atoms with Gasteiger partial charge in [0.15, 0.2) is 0 Å². The van der Waals surface area contributed by atoms with Gasteiger partial charge in [0.25, 0.3) is 0 Å². The Kier molecular flexibility index (Phi) is 4.90. The maximum atomic E-state index is 13.3. The molecule has 1 aromatic rings. The molecule has 1 atom stereocenters. The minimum atomic E-state index is -0.320. The molecule has 1 heterocycles. The SMILES string of the molecule is Cl.N[C@@H]1CCN(C(=O)Cc2ccccc2F)C1. The maximum Gasteiger partial charge on any atom is 0.227 e. The van der Waals surface area contributed by atoms with Gasteiger partial charge in [0.05, 0.1) is 6.42 Å². The first kappa shape index (κ1) is 13.9. The van der Waals surface area contributed by atoms with Crippen molar-refractivity contribution in [3.63, 3.8) is 0 Å². The van der Waals surface area contributed by atoms with Crippen LogP contribution >= 0.6 is 12.4 Å². The predicted molar refractivity (Wildman–Crippen MR) is 66.5 cm³/mol. The molecule has 1 fully saturated rings. The van der Waals surface area contributed by atoms with E-state index >= 15 is 0 Å². The zero-order chi connectivity index (χ0) is 11.5. The van der Waals surface area contributed by atoms with Crippen LogP contribution in [-0.4, -0.2) is 29.9 Å². The van der Waals surface area contributed by atoms with Crippen molar-refractivity contribution in [3.05, 3.63) is 35.6 Å². The third kappa shape index (κ3) is 3.41. The van der Waals surface area contributed by atoms with E-state index in [1.807, 2.05) is 0 Å². The predicted octanol–water partition coefficient (Wildman–Crippen LogP) is 1.35. The van der Waals surface area contributed by atoms with Gasteiger partial charge >= 0.3 is 0 Å². The highest BCUT2D eigenvalue weighted by atomic mass is 35.5. The molecule has 0 saturated carbocycles. The Labute approximate surface area is 106 Å². The van der Waals surface area contributed by atoms with Crippen LogP contribution < -0.4 is 5.73 Å². The number of hydrogen-bond donors (Lipinski definition) is 1. The summed E-state index contributed by atoms with van der Waals surface area (Å²) in [5.41, 5.74) is 6.17. The van der Waals surface area contributed by atoms with Crippen molar-refractivity contribution in [3.8, 4) is 0 Å². The van der Waals surface area contributed by atoms with Gasteiger partial charge in [0.1, 0.15) is 5.82 Å². The summed E-state index contributed by atoms with van der Waals surface area (Å²) in [6.07, 6.45) is 0.961. The molecule has 0 aliphatic carbocycles. The van der Waals surface area contributed by atoms with Crippen LogP contribution in [0.25, 0.3) is 0 Å². The number of amides is 1. The highest BCUT2D eigenvalue weighted by Crippen LogP contribution is 2.12. The van der Waals surface area contributed by atoms with Gasteiger partial charge in [0.2, 0.25) is 5.91 Å². The molecule has 5 heteroatoms. The number of carbonyl (C=O) groups is 1. The molecule has 17 heavy (non-hydrogen) atoms. The Morgan fingerprint density at radius 3 is 2.76 bits per heavy atom. The summed E-state index contributed by atoms with van der Waals surface area (Å²) in [4.78, 5) is 13.5. The number of nitrogens with zero attached hydrogens (tertiary/aromatic N) is 1. The van der Waals surface area contributed by atoms with Gasteiger partial charge in [0, 0.05) is 19.1 Å². The van der Waals surface area contributed by atoms with Gasteiger partial charge in [-0.25, -0.2) is 4.39 Å². The number of halogens is 2. The Bertz CT molecular complexity index is 400. The molecule has 2 N–H and O–H groups in total. The Morgan fingerprint density at radius 1 is 1.47 bits per heavy atom. The fourth-order valence-electron chi connectivity index (χ4n) is 1.93. The second kappa shape index (κ2) is 5.98. The molecule has 1 aliphatic heterocycles. The zero-order valence-corrected chi connectivity index (χ0v) is 10.3. The molecule has 0 bridgehead atoms. The summed E-state index contributed by atoms with van der Waals surface area (Å²) in [6.45, 7) is 1.28. The summed E-state index contributed by atoms with van der Waals surface area (Å²) >= 11 is 0. The molecule has 0 aromatic heterocycles. The third-order valence-corrected chi connectivity index (χ3v) is 2.88. The lowest BCUT2D eigenvalue weighted by Crippen LogP contribution is -2.33. The summed E-state index contributed by atoms with van der Waals surface area (Å²) in [7, 11) is 0. The minimum absolute atomic E-state index is 0. The van der Waals surface area contributed by atoms with Crippen molar-refractivity contribution in [1.82, 2.24) is 4.90 Å². The van der Waals surface area contributed by atoms with E-state index < -0.39 is 0 Å². The van der Waals surface area contributed by atoms with Crippen molar-refractivity contribution in [2.24, 2.45) is 5.73 Å². The summed E-state index contributed by atoms with van der Waals surface area (Å²) in [6, 6.07) is 6.45. The lowest BCUT2D eigenvalue weighted by Gasteiger charge is -2.15. The average Bonchev–Trinajstić information content (AvgIpc) is 2.68. The zero-order valence-electron chi connectivity index (χ0n) is 9.43. The van der Waals surface area contributed by atoms with Gasteiger partial charge in [-0.15, -0.1) is 12.4 Å². The second-order valence-electron chi connectivity index (χ2n) is 4.16. The first-order valence-electron chi connectivity index (χ1n) is 5.43. The van der Waals surface area contributed by atoms with Gasteiger partial charge in [-0.05, 0) is 18.1 Å². The molecular weight excluding hydrogens is 243 g/mol. The molecule has 1 saturated heterocycles. The van der Waals surface area contributed by atoms with E-state index in [1.165, 1.54) is 6.07 Å². The monoisotopic (exact) mass is 258 g/mol. The first-order chi connectivity index (χ1) is 7.66. The topological polar surface area (TPSA) is 46.3 Å². The molecular formula is C12H16ClFN2O. The molecule has 94 valence electrons. The Morgan fingerprint density at radius 2 is 2.18 bits per heavy atom. The maximum absolute atomic E-state index is 13.3. The standard InChI is InChI=1S/C12H15FN2O.ClH/c13-11-4-2-1-3-9(11)7-12(16)15-6-5-10(14)8-15;/h1-4,10H,5-8,14H2;1H/t10-;/m1./s1.